The highest BCUT2D eigenvalue weighted by atomic mass is 79.9. The van der Waals surface area contributed by atoms with E-state index in [0.717, 1.165) is 10.0 Å². The Labute approximate surface area is 135 Å². The van der Waals surface area contributed by atoms with Crippen molar-refractivity contribution < 1.29 is 4.79 Å². The van der Waals surface area contributed by atoms with Gasteiger partial charge in [0.15, 0.2) is 0 Å². The Morgan fingerprint density at radius 3 is 2.60 bits per heavy atom. The van der Waals surface area contributed by atoms with E-state index in [4.69, 9.17) is 28.9 Å². The summed E-state index contributed by atoms with van der Waals surface area (Å²) in [6.45, 7) is 1.94. The van der Waals surface area contributed by atoms with Gasteiger partial charge in [-0.15, -0.1) is 0 Å². The first kappa shape index (κ1) is 15.2. The summed E-state index contributed by atoms with van der Waals surface area (Å²) in [5.74, 6) is -0.304. The number of hydrogen-bond acceptors (Lipinski definition) is 2. The number of anilines is 2. The fourth-order valence-electron chi connectivity index (χ4n) is 1.67. The lowest BCUT2D eigenvalue weighted by atomic mass is 10.1. The zero-order valence-electron chi connectivity index (χ0n) is 10.5. The number of nitrogens with one attached hydrogen (secondary N) is 1. The molecule has 3 N–H and O–H groups in total. The minimum absolute atomic E-state index is 0.250. The van der Waals surface area contributed by atoms with Crippen LogP contribution in [0.3, 0.4) is 0 Å². The van der Waals surface area contributed by atoms with Crippen molar-refractivity contribution in [3.05, 3.63) is 56.0 Å². The number of halogens is 3. The number of benzene rings is 2. The van der Waals surface area contributed by atoms with E-state index in [2.05, 4.69) is 21.2 Å². The van der Waals surface area contributed by atoms with Gasteiger partial charge >= 0.3 is 0 Å². The maximum absolute atomic E-state index is 12.2. The Morgan fingerprint density at radius 2 is 1.95 bits per heavy atom. The fraction of sp³-hybridized carbons (Fsp3) is 0.0714. The molecule has 0 aliphatic rings. The topological polar surface area (TPSA) is 55.1 Å². The van der Waals surface area contributed by atoms with E-state index in [0.29, 0.717) is 11.3 Å². The highest BCUT2D eigenvalue weighted by Gasteiger charge is 2.12. The van der Waals surface area contributed by atoms with E-state index in [1.165, 1.54) is 12.1 Å². The van der Waals surface area contributed by atoms with Gasteiger partial charge in [0.25, 0.3) is 5.91 Å². The number of carbonyl (C=O) groups excluding carboxylic acids is 1. The van der Waals surface area contributed by atoms with Gasteiger partial charge in [-0.05, 0) is 52.7 Å². The van der Waals surface area contributed by atoms with Crippen LogP contribution >= 0.6 is 39.1 Å². The first-order valence-electron chi connectivity index (χ1n) is 5.70. The van der Waals surface area contributed by atoms with Crippen LogP contribution in [-0.2, 0) is 0 Å². The second-order valence-electron chi connectivity index (χ2n) is 4.30. The lowest BCUT2D eigenvalue weighted by Crippen LogP contribution is -2.13. The summed E-state index contributed by atoms with van der Waals surface area (Å²) >= 11 is 15.2. The maximum Gasteiger partial charge on any atom is 0.255 e. The van der Waals surface area contributed by atoms with E-state index < -0.39 is 0 Å². The first-order chi connectivity index (χ1) is 9.38. The molecule has 0 unspecified atom stereocenters. The summed E-state index contributed by atoms with van der Waals surface area (Å²) in [6, 6.07) is 8.65. The van der Waals surface area contributed by atoms with E-state index in [9.17, 15) is 4.79 Å². The quantitative estimate of drug-likeness (QED) is 0.735. The summed E-state index contributed by atoms with van der Waals surface area (Å²) in [5.41, 5.74) is 8.04. The summed E-state index contributed by atoms with van der Waals surface area (Å²) in [5, 5.41) is 3.30. The Hall–Kier alpha value is -1.23. The normalized spacial score (nSPS) is 10.4. The van der Waals surface area contributed by atoms with Gasteiger partial charge in [0, 0.05) is 10.0 Å². The van der Waals surface area contributed by atoms with Crippen LogP contribution in [0, 0.1) is 6.92 Å². The van der Waals surface area contributed by atoms with Crippen LogP contribution < -0.4 is 11.1 Å². The average molecular weight is 374 g/mol. The molecule has 0 aliphatic carbocycles. The Kier molecular flexibility index (Phi) is 4.58. The molecule has 0 saturated carbocycles. The van der Waals surface area contributed by atoms with Crippen molar-refractivity contribution in [2.45, 2.75) is 6.92 Å². The number of rotatable bonds is 2. The number of nitrogens with two attached hydrogens (primary N) is 1. The van der Waals surface area contributed by atoms with Gasteiger partial charge in [-0.25, -0.2) is 0 Å². The number of aryl methyl sites for hydroxylation is 1. The van der Waals surface area contributed by atoms with Crippen LogP contribution in [0.15, 0.2) is 34.8 Å². The van der Waals surface area contributed by atoms with Crippen LogP contribution in [0.4, 0.5) is 11.4 Å². The second-order valence-corrected chi connectivity index (χ2v) is 5.94. The molecule has 0 heterocycles. The number of carbonyl (C=O) groups is 1. The molecule has 104 valence electrons. The predicted octanol–water partition coefficient (Wildman–Crippen LogP) is 4.90. The zero-order chi connectivity index (χ0) is 14.9. The lowest BCUT2D eigenvalue weighted by molar-refractivity contribution is 0.102. The summed E-state index contributed by atoms with van der Waals surface area (Å²) in [6.07, 6.45) is 0. The molecule has 0 aliphatic heterocycles. The SMILES string of the molecule is Cc1ccc(Br)c(NC(=O)c2cc(N)c(Cl)c(Cl)c2)c1. The molecule has 2 aromatic carbocycles. The fourth-order valence-corrected chi connectivity index (χ4v) is 2.35. The molecule has 0 radical (unpaired) electrons. The van der Waals surface area contributed by atoms with Crippen LogP contribution in [0.5, 0.6) is 0 Å². The minimum Gasteiger partial charge on any atom is -0.397 e. The van der Waals surface area contributed by atoms with Crippen molar-refractivity contribution >= 4 is 56.4 Å². The van der Waals surface area contributed by atoms with Crippen LogP contribution in [-0.4, -0.2) is 5.91 Å². The van der Waals surface area contributed by atoms with E-state index in [1.807, 2.05) is 25.1 Å². The zero-order valence-corrected chi connectivity index (χ0v) is 13.6. The third kappa shape index (κ3) is 3.26. The molecule has 0 saturated heterocycles. The van der Waals surface area contributed by atoms with Gasteiger partial charge in [0.1, 0.15) is 0 Å². The van der Waals surface area contributed by atoms with Crippen LogP contribution in [0.2, 0.25) is 10.0 Å². The first-order valence-corrected chi connectivity index (χ1v) is 7.25. The molecule has 0 bridgehead atoms. The number of amides is 1. The van der Waals surface area contributed by atoms with E-state index in [1.54, 1.807) is 0 Å². The van der Waals surface area contributed by atoms with E-state index in [-0.39, 0.29) is 21.6 Å². The molecular weight excluding hydrogens is 363 g/mol. The molecule has 2 rings (SSSR count). The molecule has 2 aromatic rings. The highest BCUT2D eigenvalue weighted by molar-refractivity contribution is 9.10. The number of hydrogen-bond donors (Lipinski definition) is 2. The number of nitrogen functional groups attached to an aromatic ring is 1. The molecule has 0 atom stereocenters. The van der Waals surface area contributed by atoms with Crippen molar-refractivity contribution in [2.75, 3.05) is 11.1 Å². The lowest BCUT2D eigenvalue weighted by Gasteiger charge is -2.10. The molecule has 0 aromatic heterocycles. The molecule has 20 heavy (non-hydrogen) atoms. The van der Waals surface area contributed by atoms with Crippen molar-refractivity contribution in [1.29, 1.82) is 0 Å². The molecule has 0 fully saturated rings. The molecule has 1 amide bonds. The smallest absolute Gasteiger partial charge is 0.255 e. The largest absolute Gasteiger partial charge is 0.397 e. The van der Waals surface area contributed by atoms with Gasteiger partial charge in [0.2, 0.25) is 0 Å². The third-order valence-corrected chi connectivity index (χ3v) is 4.20. The monoisotopic (exact) mass is 372 g/mol. The highest BCUT2D eigenvalue weighted by Crippen LogP contribution is 2.30. The van der Waals surface area contributed by atoms with Crippen LogP contribution in [0.25, 0.3) is 0 Å². The molecule has 0 spiro atoms. The van der Waals surface area contributed by atoms with Gasteiger partial charge in [-0.3, -0.25) is 4.79 Å². The second kappa shape index (κ2) is 6.04. The molecular formula is C14H11BrCl2N2O. The summed E-state index contributed by atoms with van der Waals surface area (Å²) in [4.78, 5) is 12.2. The molecule has 6 heteroatoms. The predicted molar refractivity (Wildman–Crippen MR) is 87.7 cm³/mol. The van der Waals surface area contributed by atoms with Crippen molar-refractivity contribution in [3.63, 3.8) is 0 Å². The average Bonchev–Trinajstić information content (AvgIpc) is 2.39. The Morgan fingerprint density at radius 1 is 1.25 bits per heavy atom. The van der Waals surface area contributed by atoms with Crippen molar-refractivity contribution in [3.8, 4) is 0 Å². The van der Waals surface area contributed by atoms with Crippen molar-refractivity contribution in [1.82, 2.24) is 0 Å². The Balaban J connectivity index is 2.31. The Bertz CT molecular complexity index is 666. The summed E-state index contributed by atoms with van der Waals surface area (Å²) < 4.78 is 0.796. The van der Waals surface area contributed by atoms with E-state index >= 15 is 0 Å². The third-order valence-electron chi connectivity index (χ3n) is 2.69. The standard InChI is InChI=1S/C14H11BrCl2N2O/c1-7-2-3-9(15)12(4-7)19-14(20)8-5-10(16)13(17)11(18)6-8/h2-6H,18H2,1H3,(H,19,20). The van der Waals surface area contributed by atoms with Crippen LogP contribution in [0.1, 0.15) is 15.9 Å². The summed E-state index contributed by atoms with van der Waals surface area (Å²) in [7, 11) is 0. The van der Waals surface area contributed by atoms with Gasteiger partial charge < -0.3 is 11.1 Å². The van der Waals surface area contributed by atoms with Gasteiger partial charge in [-0.1, -0.05) is 29.3 Å². The van der Waals surface area contributed by atoms with Crippen molar-refractivity contribution in [2.24, 2.45) is 0 Å². The van der Waals surface area contributed by atoms with Gasteiger partial charge in [0.05, 0.1) is 21.4 Å². The maximum atomic E-state index is 12.2. The van der Waals surface area contributed by atoms with Gasteiger partial charge in [-0.2, -0.15) is 0 Å². The minimum atomic E-state index is -0.304. The molecule has 3 nitrogen and oxygen atoms in total.